The zero-order valence-corrected chi connectivity index (χ0v) is 9.29. The standard InChI is InChI=1S/C12H18N2O/c1-3-13-10(2)9-12(15)14-11-7-5-4-6-8-11/h4-8,10,13H,3,9H2,1-2H3,(H,14,15). The van der Waals surface area contributed by atoms with Crippen molar-refractivity contribution in [2.24, 2.45) is 0 Å². The van der Waals surface area contributed by atoms with Crippen LogP contribution in [0.25, 0.3) is 0 Å². The summed E-state index contributed by atoms with van der Waals surface area (Å²) < 4.78 is 0. The Morgan fingerprint density at radius 3 is 2.60 bits per heavy atom. The van der Waals surface area contributed by atoms with E-state index < -0.39 is 0 Å². The summed E-state index contributed by atoms with van der Waals surface area (Å²) in [5.41, 5.74) is 0.853. The van der Waals surface area contributed by atoms with E-state index in [1.807, 2.05) is 44.2 Å². The summed E-state index contributed by atoms with van der Waals surface area (Å²) in [5, 5.41) is 6.05. The molecule has 0 fully saturated rings. The maximum atomic E-state index is 11.5. The van der Waals surface area contributed by atoms with Crippen molar-refractivity contribution in [3.05, 3.63) is 30.3 Å². The molecular formula is C12H18N2O. The Hall–Kier alpha value is -1.35. The van der Waals surface area contributed by atoms with Gasteiger partial charge in [-0.2, -0.15) is 0 Å². The van der Waals surface area contributed by atoms with Gasteiger partial charge >= 0.3 is 0 Å². The average Bonchev–Trinajstić information content (AvgIpc) is 2.19. The van der Waals surface area contributed by atoms with Gasteiger partial charge < -0.3 is 10.6 Å². The summed E-state index contributed by atoms with van der Waals surface area (Å²) in [4.78, 5) is 11.5. The van der Waals surface area contributed by atoms with E-state index in [-0.39, 0.29) is 11.9 Å². The monoisotopic (exact) mass is 206 g/mol. The summed E-state index contributed by atoms with van der Waals surface area (Å²) in [5.74, 6) is 0.0506. The maximum absolute atomic E-state index is 11.5. The van der Waals surface area contributed by atoms with Crippen LogP contribution in [-0.4, -0.2) is 18.5 Å². The molecule has 1 rings (SSSR count). The van der Waals surface area contributed by atoms with Crippen LogP contribution in [-0.2, 0) is 4.79 Å². The van der Waals surface area contributed by atoms with E-state index in [1.165, 1.54) is 0 Å². The number of carbonyl (C=O) groups is 1. The second-order valence-electron chi connectivity index (χ2n) is 3.58. The lowest BCUT2D eigenvalue weighted by Crippen LogP contribution is -2.30. The van der Waals surface area contributed by atoms with Crippen LogP contribution >= 0.6 is 0 Å². The lowest BCUT2D eigenvalue weighted by Gasteiger charge is -2.11. The molecule has 3 nitrogen and oxygen atoms in total. The lowest BCUT2D eigenvalue weighted by atomic mass is 10.2. The molecule has 82 valence electrons. The fourth-order valence-corrected chi connectivity index (χ4v) is 1.43. The number of anilines is 1. The quantitative estimate of drug-likeness (QED) is 0.773. The van der Waals surface area contributed by atoms with E-state index in [9.17, 15) is 4.79 Å². The number of hydrogen-bond donors (Lipinski definition) is 2. The highest BCUT2D eigenvalue weighted by atomic mass is 16.1. The van der Waals surface area contributed by atoms with Crippen molar-refractivity contribution in [1.29, 1.82) is 0 Å². The van der Waals surface area contributed by atoms with Crippen LogP contribution in [0.1, 0.15) is 20.3 Å². The highest BCUT2D eigenvalue weighted by Gasteiger charge is 2.07. The van der Waals surface area contributed by atoms with Crippen molar-refractivity contribution in [3.8, 4) is 0 Å². The lowest BCUT2D eigenvalue weighted by molar-refractivity contribution is -0.116. The van der Waals surface area contributed by atoms with E-state index >= 15 is 0 Å². The van der Waals surface area contributed by atoms with Gasteiger partial charge in [0.15, 0.2) is 0 Å². The van der Waals surface area contributed by atoms with Crippen LogP contribution in [0.4, 0.5) is 5.69 Å². The van der Waals surface area contributed by atoms with Gasteiger partial charge in [-0.1, -0.05) is 25.1 Å². The summed E-state index contributed by atoms with van der Waals surface area (Å²) in [6, 6.07) is 9.73. The number of para-hydroxylation sites is 1. The van der Waals surface area contributed by atoms with Crippen LogP contribution in [0.5, 0.6) is 0 Å². The molecule has 15 heavy (non-hydrogen) atoms. The number of benzene rings is 1. The molecule has 1 aromatic carbocycles. The molecule has 1 unspecified atom stereocenters. The Bertz CT molecular complexity index is 298. The number of amides is 1. The molecule has 1 aromatic rings. The molecular weight excluding hydrogens is 188 g/mol. The van der Waals surface area contributed by atoms with Gasteiger partial charge in [-0.3, -0.25) is 4.79 Å². The average molecular weight is 206 g/mol. The zero-order valence-electron chi connectivity index (χ0n) is 9.29. The smallest absolute Gasteiger partial charge is 0.225 e. The predicted octanol–water partition coefficient (Wildman–Crippen LogP) is 2.01. The second-order valence-corrected chi connectivity index (χ2v) is 3.58. The molecule has 1 amide bonds. The van der Waals surface area contributed by atoms with Gasteiger partial charge in [-0.15, -0.1) is 0 Å². The minimum atomic E-state index is 0.0506. The molecule has 0 aliphatic heterocycles. The maximum Gasteiger partial charge on any atom is 0.225 e. The van der Waals surface area contributed by atoms with E-state index in [2.05, 4.69) is 10.6 Å². The van der Waals surface area contributed by atoms with E-state index in [4.69, 9.17) is 0 Å². The van der Waals surface area contributed by atoms with E-state index in [0.29, 0.717) is 6.42 Å². The predicted molar refractivity (Wildman–Crippen MR) is 62.8 cm³/mol. The minimum absolute atomic E-state index is 0.0506. The Morgan fingerprint density at radius 2 is 2.00 bits per heavy atom. The van der Waals surface area contributed by atoms with E-state index in [0.717, 1.165) is 12.2 Å². The molecule has 0 heterocycles. The van der Waals surface area contributed by atoms with Crippen molar-refractivity contribution in [2.45, 2.75) is 26.3 Å². The fourth-order valence-electron chi connectivity index (χ4n) is 1.43. The molecule has 0 spiro atoms. The normalized spacial score (nSPS) is 12.1. The number of hydrogen-bond acceptors (Lipinski definition) is 2. The fraction of sp³-hybridized carbons (Fsp3) is 0.417. The molecule has 0 bridgehead atoms. The van der Waals surface area contributed by atoms with Crippen molar-refractivity contribution in [2.75, 3.05) is 11.9 Å². The second kappa shape index (κ2) is 6.19. The molecule has 1 atom stereocenters. The Balaban J connectivity index is 2.36. The van der Waals surface area contributed by atoms with Crippen molar-refractivity contribution >= 4 is 11.6 Å². The van der Waals surface area contributed by atoms with Gasteiger partial charge in [0.2, 0.25) is 5.91 Å². The topological polar surface area (TPSA) is 41.1 Å². The van der Waals surface area contributed by atoms with Crippen LogP contribution in [0.3, 0.4) is 0 Å². The SMILES string of the molecule is CCNC(C)CC(=O)Nc1ccccc1. The summed E-state index contributed by atoms with van der Waals surface area (Å²) in [6.07, 6.45) is 0.503. The molecule has 0 saturated carbocycles. The molecule has 0 radical (unpaired) electrons. The Kier molecular flexibility index (Phi) is 4.84. The van der Waals surface area contributed by atoms with Crippen LogP contribution in [0.2, 0.25) is 0 Å². The molecule has 0 aromatic heterocycles. The summed E-state index contributed by atoms with van der Waals surface area (Å²) in [7, 11) is 0. The molecule has 0 saturated heterocycles. The third kappa shape index (κ3) is 4.61. The van der Waals surface area contributed by atoms with Gasteiger partial charge in [0.1, 0.15) is 0 Å². The first-order valence-electron chi connectivity index (χ1n) is 5.30. The van der Waals surface area contributed by atoms with Gasteiger partial charge in [-0.25, -0.2) is 0 Å². The van der Waals surface area contributed by atoms with Crippen molar-refractivity contribution in [1.82, 2.24) is 5.32 Å². The van der Waals surface area contributed by atoms with Crippen molar-refractivity contribution in [3.63, 3.8) is 0 Å². The summed E-state index contributed by atoms with van der Waals surface area (Å²) >= 11 is 0. The first-order valence-corrected chi connectivity index (χ1v) is 5.30. The minimum Gasteiger partial charge on any atom is -0.326 e. The van der Waals surface area contributed by atoms with Crippen LogP contribution in [0, 0.1) is 0 Å². The van der Waals surface area contributed by atoms with Crippen LogP contribution < -0.4 is 10.6 Å². The number of rotatable bonds is 5. The molecule has 0 aliphatic carbocycles. The van der Waals surface area contributed by atoms with Gasteiger partial charge in [0.25, 0.3) is 0 Å². The highest BCUT2D eigenvalue weighted by molar-refractivity contribution is 5.90. The van der Waals surface area contributed by atoms with Crippen molar-refractivity contribution < 1.29 is 4.79 Å². The Labute approximate surface area is 90.9 Å². The first-order chi connectivity index (χ1) is 7.22. The first kappa shape index (κ1) is 11.7. The van der Waals surface area contributed by atoms with Gasteiger partial charge in [0.05, 0.1) is 0 Å². The van der Waals surface area contributed by atoms with Gasteiger partial charge in [-0.05, 0) is 25.6 Å². The Morgan fingerprint density at radius 1 is 1.33 bits per heavy atom. The molecule has 3 heteroatoms. The van der Waals surface area contributed by atoms with E-state index in [1.54, 1.807) is 0 Å². The third-order valence-electron chi connectivity index (χ3n) is 2.10. The summed E-state index contributed by atoms with van der Waals surface area (Å²) in [6.45, 7) is 4.93. The third-order valence-corrected chi connectivity index (χ3v) is 2.10. The molecule has 0 aliphatic rings. The number of carbonyl (C=O) groups excluding carboxylic acids is 1. The largest absolute Gasteiger partial charge is 0.326 e. The number of nitrogens with one attached hydrogen (secondary N) is 2. The highest BCUT2D eigenvalue weighted by Crippen LogP contribution is 2.05. The van der Waals surface area contributed by atoms with Crippen LogP contribution in [0.15, 0.2) is 30.3 Å². The van der Waals surface area contributed by atoms with Gasteiger partial charge in [0, 0.05) is 18.2 Å². The zero-order chi connectivity index (χ0) is 11.1. The molecule has 2 N–H and O–H groups in total.